The highest BCUT2D eigenvalue weighted by Gasteiger charge is 2.34. The maximum absolute atomic E-state index is 12.6. The molecule has 1 fully saturated rings. The van der Waals surface area contributed by atoms with E-state index < -0.39 is 10.2 Å². The average Bonchev–Trinajstić information content (AvgIpc) is 2.42. The smallest absolute Gasteiger partial charge is 0.281 e. The van der Waals surface area contributed by atoms with Crippen LogP contribution in [0.2, 0.25) is 0 Å². The molecule has 0 heterocycles. The third-order valence-electron chi connectivity index (χ3n) is 4.49. The van der Waals surface area contributed by atoms with Crippen molar-refractivity contribution >= 4 is 10.2 Å². The molecule has 0 radical (unpaired) electrons. The van der Waals surface area contributed by atoms with Crippen LogP contribution in [0.1, 0.15) is 52.9 Å². The summed E-state index contributed by atoms with van der Waals surface area (Å²) in [5.74, 6) is 0.453. The van der Waals surface area contributed by atoms with Gasteiger partial charge in [-0.3, -0.25) is 0 Å². The second-order valence-corrected chi connectivity index (χ2v) is 8.73. The highest BCUT2D eigenvalue weighted by molar-refractivity contribution is 7.86. The van der Waals surface area contributed by atoms with Gasteiger partial charge in [0.15, 0.2) is 0 Å². The van der Waals surface area contributed by atoms with Gasteiger partial charge in [-0.2, -0.15) is 17.0 Å². The van der Waals surface area contributed by atoms with Crippen molar-refractivity contribution in [3.8, 4) is 0 Å². The fourth-order valence-corrected chi connectivity index (χ4v) is 4.49. The number of hydrogen-bond donors (Lipinski definition) is 1. The molecule has 0 aliphatic heterocycles. The molecule has 2 atom stereocenters. The molecule has 6 heteroatoms. The minimum atomic E-state index is -3.33. The van der Waals surface area contributed by atoms with Crippen LogP contribution in [-0.2, 0) is 10.2 Å². The molecule has 0 aromatic carbocycles. The fraction of sp³-hybridized carbons (Fsp3) is 1.00. The maximum atomic E-state index is 12.6. The van der Waals surface area contributed by atoms with Crippen LogP contribution >= 0.6 is 0 Å². The summed E-state index contributed by atoms with van der Waals surface area (Å²) in [7, 11) is 0.0966. The molecule has 2 unspecified atom stereocenters. The Balaban J connectivity index is 2.53. The summed E-state index contributed by atoms with van der Waals surface area (Å²) < 4.78 is 28.4. The predicted molar refractivity (Wildman–Crippen MR) is 88.5 cm³/mol. The first kappa shape index (κ1) is 18.9. The topological polar surface area (TPSA) is 52.7 Å². The lowest BCUT2D eigenvalue weighted by molar-refractivity contribution is 0.204. The SMILES string of the molecule is CC(C)NCCCN(C)S(=O)(=O)N(C)C1CCCCC1C. The van der Waals surface area contributed by atoms with Crippen LogP contribution in [0.15, 0.2) is 0 Å². The standard InChI is InChI=1S/C15H33N3O2S/c1-13(2)16-11-8-12-17(4)21(19,20)18(5)15-10-7-6-9-14(15)3/h13-16H,6-12H2,1-5H3. The van der Waals surface area contributed by atoms with Crippen LogP contribution in [0.3, 0.4) is 0 Å². The summed E-state index contributed by atoms with van der Waals surface area (Å²) >= 11 is 0. The van der Waals surface area contributed by atoms with E-state index in [2.05, 4.69) is 26.1 Å². The van der Waals surface area contributed by atoms with Gasteiger partial charge < -0.3 is 5.32 Å². The number of hydrogen-bond acceptors (Lipinski definition) is 3. The van der Waals surface area contributed by atoms with Gasteiger partial charge in [-0.15, -0.1) is 0 Å². The minimum absolute atomic E-state index is 0.153. The fourth-order valence-electron chi connectivity index (χ4n) is 3.04. The molecular formula is C15H33N3O2S. The first-order valence-electron chi connectivity index (χ1n) is 8.19. The van der Waals surface area contributed by atoms with E-state index in [0.717, 1.165) is 32.2 Å². The Hall–Kier alpha value is -0.170. The van der Waals surface area contributed by atoms with E-state index >= 15 is 0 Å². The quantitative estimate of drug-likeness (QED) is 0.697. The van der Waals surface area contributed by atoms with Crippen molar-refractivity contribution in [2.45, 2.75) is 65.0 Å². The Labute approximate surface area is 131 Å². The van der Waals surface area contributed by atoms with Crippen molar-refractivity contribution in [3.05, 3.63) is 0 Å². The molecule has 1 aliphatic rings. The molecule has 5 nitrogen and oxygen atoms in total. The second kappa shape index (κ2) is 8.46. The van der Waals surface area contributed by atoms with Crippen molar-refractivity contribution in [2.75, 3.05) is 27.2 Å². The van der Waals surface area contributed by atoms with Gasteiger partial charge in [0.2, 0.25) is 0 Å². The first-order chi connectivity index (χ1) is 9.76. The van der Waals surface area contributed by atoms with Crippen LogP contribution in [0.25, 0.3) is 0 Å². The Morgan fingerprint density at radius 1 is 1.19 bits per heavy atom. The predicted octanol–water partition coefficient (Wildman–Crippen LogP) is 2.06. The van der Waals surface area contributed by atoms with Gasteiger partial charge in [0.1, 0.15) is 0 Å². The van der Waals surface area contributed by atoms with Gasteiger partial charge in [-0.1, -0.05) is 33.6 Å². The maximum Gasteiger partial charge on any atom is 0.281 e. The van der Waals surface area contributed by atoms with E-state index in [1.165, 1.54) is 10.7 Å². The van der Waals surface area contributed by atoms with E-state index in [9.17, 15) is 8.42 Å². The summed E-state index contributed by atoms with van der Waals surface area (Å²) in [6.07, 6.45) is 5.31. The Morgan fingerprint density at radius 3 is 2.38 bits per heavy atom. The first-order valence-corrected chi connectivity index (χ1v) is 9.59. The molecule has 1 aliphatic carbocycles. The highest BCUT2D eigenvalue weighted by Crippen LogP contribution is 2.29. The average molecular weight is 320 g/mol. The lowest BCUT2D eigenvalue weighted by Crippen LogP contribution is -2.48. The number of nitrogens with one attached hydrogen (secondary N) is 1. The third kappa shape index (κ3) is 5.51. The zero-order valence-electron chi connectivity index (χ0n) is 14.3. The van der Waals surface area contributed by atoms with Gasteiger partial charge >= 0.3 is 0 Å². The molecule has 0 amide bonds. The Kier molecular flexibility index (Phi) is 7.60. The Morgan fingerprint density at radius 2 is 1.81 bits per heavy atom. The molecule has 1 N–H and O–H groups in total. The lowest BCUT2D eigenvalue weighted by Gasteiger charge is -2.37. The van der Waals surface area contributed by atoms with Crippen LogP contribution in [0, 0.1) is 5.92 Å². The summed E-state index contributed by atoms with van der Waals surface area (Å²) in [6, 6.07) is 0.595. The molecule has 1 saturated carbocycles. The molecule has 0 aromatic rings. The van der Waals surface area contributed by atoms with Crippen molar-refractivity contribution in [2.24, 2.45) is 5.92 Å². The highest BCUT2D eigenvalue weighted by atomic mass is 32.2. The zero-order chi connectivity index (χ0) is 16.0. The van der Waals surface area contributed by atoms with E-state index in [-0.39, 0.29) is 6.04 Å². The molecule has 0 aromatic heterocycles. The minimum Gasteiger partial charge on any atom is -0.314 e. The summed E-state index contributed by atoms with van der Waals surface area (Å²) in [5, 5.41) is 3.32. The van der Waals surface area contributed by atoms with E-state index in [0.29, 0.717) is 18.5 Å². The molecule has 0 bridgehead atoms. The van der Waals surface area contributed by atoms with Crippen LogP contribution in [-0.4, -0.2) is 56.3 Å². The van der Waals surface area contributed by atoms with Gasteiger partial charge in [-0.25, -0.2) is 0 Å². The van der Waals surface area contributed by atoms with Crippen LogP contribution in [0.5, 0.6) is 0 Å². The van der Waals surface area contributed by atoms with Crippen molar-refractivity contribution in [1.29, 1.82) is 0 Å². The van der Waals surface area contributed by atoms with E-state index in [1.807, 2.05) is 0 Å². The second-order valence-electron chi connectivity index (χ2n) is 6.64. The summed E-state index contributed by atoms with van der Waals surface area (Å²) in [6.45, 7) is 7.77. The van der Waals surface area contributed by atoms with Crippen molar-refractivity contribution in [3.63, 3.8) is 0 Å². The molecule has 0 spiro atoms. The molecular weight excluding hydrogens is 286 g/mol. The van der Waals surface area contributed by atoms with Crippen LogP contribution in [0.4, 0.5) is 0 Å². The number of nitrogens with zero attached hydrogens (tertiary/aromatic N) is 2. The molecule has 0 saturated heterocycles. The van der Waals surface area contributed by atoms with Crippen LogP contribution < -0.4 is 5.32 Å². The largest absolute Gasteiger partial charge is 0.314 e. The van der Waals surface area contributed by atoms with Crippen molar-refractivity contribution in [1.82, 2.24) is 13.9 Å². The summed E-state index contributed by atoms with van der Waals surface area (Å²) in [5.41, 5.74) is 0. The monoisotopic (exact) mass is 319 g/mol. The van der Waals surface area contributed by atoms with E-state index in [4.69, 9.17) is 0 Å². The molecule has 1 rings (SSSR count). The normalized spacial score (nSPS) is 24.2. The third-order valence-corrected chi connectivity index (χ3v) is 6.46. The molecule has 21 heavy (non-hydrogen) atoms. The lowest BCUT2D eigenvalue weighted by atomic mass is 9.86. The number of rotatable bonds is 8. The van der Waals surface area contributed by atoms with Gasteiger partial charge in [0.25, 0.3) is 10.2 Å². The van der Waals surface area contributed by atoms with Crippen molar-refractivity contribution < 1.29 is 8.42 Å². The Bertz CT molecular complexity index is 398. The van der Waals surface area contributed by atoms with Gasteiger partial charge in [-0.05, 0) is 31.7 Å². The van der Waals surface area contributed by atoms with E-state index in [1.54, 1.807) is 18.4 Å². The molecule has 126 valence electrons. The van der Waals surface area contributed by atoms with Gasteiger partial charge in [0.05, 0.1) is 0 Å². The zero-order valence-corrected chi connectivity index (χ0v) is 15.1. The van der Waals surface area contributed by atoms with Gasteiger partial charge in [0, 0.05) is 32.7 Å². The summed E-state index contributed by atoms with van der Waals surface area (Å²) in [4.78, 5) is 0.